The van der Waals surface area contributed by atoms with Crippen molar-refractivity contribution in [3.63, 3.8) is 0 Å². The number of Topliss-reactive ketones (excluding diaryl/α,β-unsaturated/α-hetero) is 1. The zero-order chi connectivity index (χ0) is 14.5. The summed E-state index contributed by atoms with van der Waals surface area (Å²) in [6.45, 7) is 3.40. The van der Waals surface area contributed by atoms with Gasteiger partial charge in [-0.2, -0.15) is 0 Å². The minimum atomic E-state index is -0.534. The maximum Gasteiger partial charge on any atom is 0.224 e. The lowest BCUT2D eigenvalue weighted by Crippen LogP contribution is -2.29. The summed E-state index contributed by atoms with van der Waals surface area (Å²) in [7, 11) is 0. The van der Waals surface area contributed by atoms with Gasteiger partial charge in [0.25, 0.3) is 0 Å². The first-order chi connectivity index (χ1) is 9.59. The van der Waals surface area contributed by atoms with Gasteiger partial charge in [0.2, 0.25) is 5.91 Å². The van der Waals surface area contributed by atoms with Crippen LogP contribution in [0.4, 0.5) is 10.1 Å². The fourth-order valence-corrected chi connectivity index (χ4v) is 2.46. The number of carbonyl (C=O) groups excluding carboxylic acids is 2. The van der Waals surface area contributed by atoms with Gasteiger partial charge in [0, 0.05) is 31.7 Å². The normalized spacial score (nSPS) is 14.4. The molecule has 20 heavy (non-hydrogen) atoms. The Labute approximate surface area is 118 Å². The Hall–Kier alpha value is -1.91. The Bertz CT molecular complexity index is 511. The molecule has 2 rings (SSSR count). The lowest BCUT2D eigenvalue weighted by Gasteiger charge is -2.16. The number of carbonyl (C=O) groups is 2. The molecule has 0 aromatic heterocycles. The second-order valence-corrected chi connectivity index (χ2v) is 4.98. The summed E-state index contributed by atoms with van der Waals surface area (Å²) < 4.78 is 13.6. The molecule has 0 unspecified atom stereocenters. The average molecular weight is 278 g/mol. The molecule has 0 bridgehead atoms. The SMILES string of the molecule is CC(=O)c1c(F)cccc1NCCC(=O)N1CCCC1. The Morgan fingerprint density at radius 1 is 1.30 bits per heavy atom. The number of rotatable bonds is 5. The summed E-state index contributed by atoms with van der Waals surface area (Å²) in [6.07, 6.45) is 2.49. The molecule has 0 aliphatic carbocycles. The number of halogens is 1. The molecule has 0 saturated carbocycles. The van der Waals surface area contributed by atoms with E-state index >= 15 is 0 Å². The highest BCUT2D eigenvalue weighted by Gasteiger charge is 2.18. The van der Waals surface area contributed by atoms with Gasteiger partial charge in [-0.05, 0) is 31.9 Å². The molecule has 1 fully saturated rings. The third kappa shape index (κ3) is 3.35. The molecule has 5 heteroatoms. The largest absolute Gasteiger partial charge is 0.384 e. The molecular weight excluding hydrogens is 259 g/mol. The highest BCUT2D eigenvalue weighted by Crippen LogP contribution is 2.19. The summed E-state index contributed by atoms with van der Waals surface area (Å²) in [5.41, 5.74) is 0.507. The molecule has 108 valence electrons. The second-order valence-electron chi connectivity index (χ2n) is 4.98. The number of anilines is 1. The average Bonchev–Trinajstić information content (AvgIpc) is 2.92. The first-order valence-corrected chi connectivity index (χ1v) is 6.90. The second kappa shape index (κ2) is 6.50. The smallest absolute Gasteiger partial charge is 0.224 e. The number of hydrogen-bond donors (Lipinski definition) is 1. The van der Waals surface area contributed by atoms with E-state index in [4.69, 9.17) is 0 Å². The number of hydrogen-bond acceptors (Lipinski definition) is 3. The number of ketones is 1. The van der Waals surface area contributed by atoms with Crippen LogP contribution in [0.5, 0.6) is 0 Å². The van der Waals surface area contributed by atoms with Crippen LogP contribution in [0.1, 0.15) is 36.5 Å². The molecule has 1 N–H and O–H groups in total. The number of amides is 1. The van der Waals surface area contributed by atoms with Crippen molar-refractivity contribution in [1.29, 1.82) is 0 Å². The van der Waals surface area contributed by atoms with E-state index in [0.717, 1.165) is 25.9 Å². The number of nitrogens with one attached hydrogen (secondary N) is 1. The van der Waals surface area contributed by atoms with Gasteiger partial charge in [0.05, 0.1) is 5.56 Å². The van der Waals surface area contributed by atoms with Gasteiger partial charge in [0.1, 0.15) is 5.82 Å². The van der Waals surface area contributed by atoms with Crippen molar-refractivity contribution in [1.82, 2.24) is 4.90 Å². The van der Waals surface area contributed by atoms with Crippen LogP contribution >= 0.6 is 0 Å². The van der Waals surface area contributed by atoms with E-state index in [1.807, 2.05) is 4.90 Å². The van der Waals surface area contributed by atoms with Crippen LogP contribution in [-0.2, 0) is 4.79 Å². The third-order valence-electron chi connectivity index (χ3n) is 3.48. The van der Waals surface area contributed by atoms with Gasteiger partial charge in [-0.25, -0.2) is 4.39 Å². The molecule has 0 atom stereocenters. The Kier molecular flexibility index (Phi) is 4.71. The minimum Gasteiger partial charge on any atom is -0.384 e. The highest BCUT2D eigenvalue weighted by atomic mass is 19.1. The van der Waals surface area contributed by atoms with E-state index in [-0.39, 0.29) is 17.3 Å². The summed E-state index contributed by atoms with van der Waals surface area (Å²) in [5, 5.41) is 2.98. The van der Waals surface area contributed by atoms with Crippen molar-refractivity contribution < 1.29 is 14.0 Å². The Morgan fingerprint density at radius 3 is 2.65 bits per heavy atom. The number of benzene rings is 1. The van der Waals surface area contributed by atoms with Gasteiger partial charge in [-0.1, -0.05) is 6.07 Å². The first-order valence-electron chi connectivity index (χ1n) is 6.90. The summed E-state index contributed by atoms with van der Waals surface area (Å²) >= 11 is 0. The van der Waals surface area contributed by atoms with Gasteiger partial charge in [0.15, 0.2) is 5.78 Å². The van der Waals surface area contributed by atoms with E-state index in [1.165, 1.54) is 13.0 Å². The van der Waals surface area contributed by atoms with Crippen molar-refractivity contribution >= 4 is 17.4 Å². The summed E-state index contributed by atoms with van der Waals surface area (Å²) in [6, 6.07) is 4.46. The van der Waals surface area contributed by atoms with Crippen LogP contribution < -0.4 is 5.32 Å². The standard InChI is InChI=1S/C15H19FN2O2/c1-11(19)15-12(16)5-4-6-13(15)17-8-7-14(20)18-9-2-3-10-18/h4-6,17H,2-3,7-10H2,1H3. The zero-order valence-corrected chi connectivity index (χ0v) is 11.6. The fourth-order valence-electron chi connectivity index (χ4n) is 2.46. The van der Waals surface area contributed by atoms with E-state index in [0.29, 0.717) is 18.7 Å². The molecule has 1 aliphatic heterocycles. The topological polar surface area (TPSA) is 49.4 Å². The monoisotopic (exact) mass is 278 g/mol. The molecule has 1 aromatic rings. The summed E-state index contributed by atoms with van der Waals surface area (Å²) in [5.74, 6) is -0.749. The van der Waals surface area contributed by atoms with Crippen molar-refractivity contribution in [2.24, 2.45) is 0 Å². The van der Waals surface area contributed by atoms with E-state index in [2.05, 4.69) is 5.32 Å². The molecule has 0 radical (unpaired) electrons. The maximum absolute atomic E-state index is 13.6. The van der Waals surface area contributed by atoms with Crippen molar-refractivity contribution in [2.75, 3.05) is 25.0 Å². The van der Waals surface area contributed by atoms with Gasteiger partial charge in [-0.3, -0.25) is 9.59 Å². The van der Waals surface area contributed by atoms with Crippen LogP contribution in [0.15, 0.2) is 18.2 Å². The molecule has 4 nitrogen and oxygen atoms in total. The molecule has 1 aromatic carbocycles. The fraction of sp³-hybridized carbons (Fsp3) is 0.467. The van der Waals surface area contributed by atoms with Gasteiger partial charge < -0.3 is 10.2 Å². The molecule has 1 aliphatic rings. The molecule has 0 spiro atoms. The van der Waals surface area contributed by atoms with Crippen LogP contribution in [0.25, 0.3) is 0 Å². The van der Waals surface area contributed by atoms with Crippen LogP contribution in [0.2, 0.25) is 0 Å². The summed E-state index contributed by atoms with van der Waals surface area (Å²) in [4.78, 5) is 25.2. The van der Waals surface area contributed by atoms with Crippen molar-refractivity contribution in [3.05, 3.63) is 29.6 Å². The molecule has 1 amide bonds. The van der Waals surface area contributed by atoms with Crippen molar-refractivity contribution in [3.8, 4) is 0 Å². The highest BCUT2D eigenvalue weighted by molar-refractivity contribution is 5.99. The van der Waals surface area contributed by atoms with Gasteiger partial charge >= 0.3 is 0 Å². The lowest BCUT2D eigenvalue weighted by molar-refractivity contribution is -0.129. The maximum atomic E-state index is 13.6. The minimum absolute atomic E-state index is 0.0566. The van der Waals surface area contributed by atoms with Gasteiger partial charge in [-0.15, -0.1) is 0 Å². The van der Waals surface area contributed by atoms with E-state index in [9.17, 15) is 14.0 Å². The van der Waals surface area contributed by atoms with Crippen LogP contribution in [0.3, 0.4) is 0 Å². The van der Waals surface area contributed by atoms with Crippen LogP contribution in [0, 0.1) is 5.82 Å². The van der Waals surface area contributed by atoms with E-state index < -0.39 is 5.82 Å². The third-order valence-corrected chi connectivity index (χ3v) is 3.48. The predicted octanol–water partition coefficient (Wildman–Crippen LogP) is 2.45. The predicted molar refractivity (Wildman–Crippen MR) is 75.3 cm³/mol. The zero-order valence-electron chi connectivity index (χ0n) is 11.6. The quantitative estimate of drug-likeness (QED) is 0.842. The number of nitrogens with zero attached hydrogens (tertiary/aromatic N) is 1. The Balaban J connectivity index is 1.92. The number of likely N-dealkylation sites (tertiary alicyclic amines) is 1. The van der Waals surface area contributed by atoms with E-state index in [1.54, 1.807) is 12.1 Å². The van der Waals surface area contributed by atoms with Crippen LogP contribution in [-0.4, -0.2) is 36.2 Å². The molecule has 1 heterocycles. The Morgan fingerprint density at radius 2 is 2.00 bits per heavy atom. The van der Waals surface area contributed by atoms with Crippen molar-refractivity contribution in [2.45, 2.75) is 26.2 Å². The molecule has 1 saturated heterocycles. The first kappa shape index (κ1) is 14.5. The molecular formula is C15H19FN2O2. The lowest BCUT2D eigenvalue weighted by atomic mass is 10.1.